The summed E-state index contributed by atoms with van der Waals surface area (Å²) in [5.41, 5.74) is 7.47. The molecule has 23 heavy (non-hydrogen) atoms. The molecule has 0 nitrogen and oxygen atoms in total. The minimum atomic E-state index is -1.63. The van der Waals surface area contributed by atoms with Crippen LogP contribution in [-0.4, -0.2) is 8.07 Å². The lowest BCUT2D eigenvalue weighted by Crippen LogP contribution is -2.29. The Morgan fingerprint density at radius 3 is 1.39 bits per heavy atom. The zero-order valence-corrected chi connectivity index (χ0v) is 16.6. The molecule has 0 radical (unpaired) electrons. The summed E-state index contributed by atoms with van der Waals surface area (Å²) in [5, 5.41) is 0. The molecule has 0 aromatic carbocycles. The highest BCUT2D eigenvalue weighted by molar-refractivity contribution is 6.94. The van der Waals surface area contributed by atoms with Crippen LogP contribution >= 0.6 is 0 Å². The minimum Gasteiger partial charge on any atom is -0.115 e. The fraction of sp³-hybridized carbons (Fsp3) is 0.818. The van der Waals surface area contributed by atoms with Crippen LogP contribution in [0.4, 0.5) is 0 Å². The van der Waals surface area contributed by atoms with Crippen LogP contribution in [0.25, 0.3) is 0 Å². The first-order valence-corrected chi connectivity index (χ1v) is 12.7. The molecule has 2 rings (SSSR count). The van der Waals surface area contributed by atoms with Crippen molar-refractivity contribution in [1.82, 2.24) is 0 Å². The smallest absolute Gasteiger partial charge is 0.115 e. The molecule has 0 aromatic heterocycles. The van der Waals surface area contributed by atoms with Gasteiger partial charge in [0, 0.05) is 12.8 Å². The van der Waals surface area contributed by atoms with Crippen molar-refractivity contribution >= 4 is 8.07 Å². The Kier molecular flexibility index (Phi) is 8.32. The number of rotatable bonds is 4. The van der Waals surface area contributed by atoms with Crippen LogP contribution in [-0.2, 0) is 0 Å². The molecular weight excluding hydrogens is 292 g/mol. The van der Waals surface area contributed by atoms with Crippen LogP contribution in [0.1, 0.15) is 90.9 Å². The summed E-state index contributed by atoms with van der Waals surface area (Å²) in [4.78, 5) is 0. The lowest BCUT2D eigenvalue weighted by molar-refractivity contribution is 0.365. The van der Waals surface area contributed by atoms with E-state index in [1.807, 2.05) is 0 Å². The van der Waals surface area contributed by atoms with Crippen LogP contribution in [0.3, 0.4) is 0 Å². The minimum absolute atomic E-state index is 0.881. The SMILES string of the molecule is CC[Si](C#CCC1CCCCC1)(C#CCC1CCCCC1)CC. The zero-order valence-electron chi connectivity index (χ0n) is 15.6. The van der Waals surface area contributed by atoms with Crippen LogP contribution in [0.15, 0.2) is 0 Å². The summed E-state index contributed by atoms with van der Waals surface area (Å²) in [5.74, 6) is 8.95. The van der Waals surface area contributed by atoms with Gasteiger partial charge in [0.2, 0.25) is 8.07 Å². The van der Waals surface area contributed by atoms with E-state index in [-0.39, 0.29) is 0 Å². The first-order valence-electron chi connectivity index (χ1n) is 10.3. The largest absolute Gasteiger partial charge is 0.216 e. The van der Waals surface area contributed by atoms with Gasteiger partial charge in [0.15, 0.2) is 0 Å². The summed E-state index contributed by atoms with van der Waals surface area (Å²) in [6.07, 6.45) is 16.5. The van der Waals surface area contributed by atoms with E-state index >= 15 is 0 Å². The Hall–Kier alpha value is -0.663. The normalized spacial score (nSPS) is 20.3. The van der Waals surface area contributed by atoms with Gasteiger partial charge >= 0.3 is 0 Å². The first kappa shape index (κ1) is 18.7. The quantitative estimate of drug-likeness (QED) is 0.408. The van der Waals surface area contributed by atoms with Crippen molar-refractivity contribution in [2.45, 2.75) is 103 Å². The third kappa shape index (κ3) is 6.39. The second-order valence-electron chi connectivity index (χ2n) is 7.81. The molecule has 1 heteroatoms. The monoisotopic (exact) mass is 328 g/mol. The van der Waals surface area contributed by atoms with Crippen molar-refractivity contribution < 1.29 is 0 Å². The standard InChI is InChI=1S/C22H36Si/c1-3-23(4-2,19-11-17-21-13-7-5-8-14-21)20-12-18-22-15-9-6-10-16-22/h21-22H,3-10,13-18H2,1-2H3. The van der Waals surface area contributed by atoms with Gasteiger partial charge < -0.3 is 0 Å². The number of hydrogen-bond donors (Lipinski definition) is 0. The molecule has 2 saturated carbocycles. The van der Waals surface area contributed by atoms with Crippen LogP contribution in [0.2, 0.25) is 12.1 Å². The Bertz CT molecular complexity index is 400. The summed E-state index contributed by atoms with van der Waals surface area (Å²) in [7, 11) is -1.63. The van der Waals surface area contributed by atoms with Gasteiger partial charge in [0.05, 0.1) is 0 Å². The first-order chi connectivity index (χ1) is 11.3. The van der Waals surface area contributed by atoms with Gasteiger partial charge in [-0.05, 0) is 49.6 Å². The van der Waals surface area contributed by atoms with Gasteiger partial charge in [0.25, 0.3) is 0 Å². The van der Waals surface area contributed by atoms with Gasteiger partial charge in [-0.1, -0.05) is 52.4 Å². The molecule has 128 valence electrons. The summed E-state index contributed by atoms with van der Waals surface area (Å²) < 4.78 is 0. The predicted molar refractivity (Wildman–Crippen MR) is 105 cm³/mol. The maximum absolute atomic E-state index is 3.73. The summed E-state index contributed by atoms with van der Waals surface area (Å²) >= 11 is 0. The molecule has 0 aromatic rings. The molecule has 0 unspecified atom stereocenters. The maximum Gasteiger partial charge on any atom is 0.216 e. The van der Waals surface area contributed by atoms with E-state index in [0.717, 1.165) is 24.7 Å². The van der Waals surface area contributed by atoms with E-state index in [9.17, 15) is 0 Å². The molecule has 2 fully saturated rings. The predicted octanol–water partition coefficient (Wildman–Crippen LogP) is 6.50. The summed E-state index contributed by atoms with van der Waals surface area (Å²) in [6, 6.07) is 2.41. The molecule has 0 saturated heterocycles. The van der Waals surface area contributed by atoms with E-state index in [0.29, 0.717) is 0 Å². The average Bonchev–Trinajstić information content (AvgIpc) is 2.62. The second-order valence-corrected chi connectivity index (χ2v) is 11.9. The van der Waals surface area contributed by atoms with Gasteiger partial charge in [-0.15, -0.1) is 22.9 Å². The maximum atomic E-state index is 3.73. The molecule has 0 atom stereocenters. The van der Waals surface area contributed by atoms with Gasteiger partial charge in [-0.2, -0.15) is 0 Å². The summed E-state index contributed by atoms with van der Waals surface area (Å²) in [6.45, 7) is 4.64. The highest BCUT2D eigenvalue weighted by atomic mass is 28.3. The van der Waals surface area contributed by atoms with Crippen molar-refractivity contribution in [3.63, 3.8) is 0 Å². The number of hydrogen-bond acceptors (Lipinski definition) is 0. The molecule has 0 N–H and O–H groups in total. The lowest BCUT2D eigenvalue weighted by atomic mass is 9.87. The fourth-order valence-corrected chi connectivity index (χ4v) is 6.30. The molecule has 0 heterocycles. The van der Waals surface area contributed by atoms with Crippen LogP contribution in [0.5, 0.6) is 0 Å². The fourth-order valence-electron chi connectivity index (χ4n) is 4.15. The molecule has 2 aliphatic carbocycles. The van der Waals surface area contributed by atoms with E-state index < -0.39 is 8.07 Å². The third-order valence-electron chi connectivity index (χ3n) is 6.09. The van der Waals surface area contributed by atoms with Crippen LogP contribution < -0.4 is 0 Å². The molecule has 0 spiro atoms. The van der Waals surface area contributed by atoms with E-state index in [1.165, 1.54) is 76.3 Å². The zero-order chi connectivity index (χ0) is 16.4. The molecular formula is C22H36Si. The topological polar surface area (TPSA) is 0 Å². The van der Waals surface area contributed by atoms with E-state index in [2.05, 4.69) is 36.8 Å². The lowest BCUT2D eigenvalue weighted by Gasteiger charge is -2.20. The van der Waals surface area contributed by atoms with Gasteiger partial charge in [-0.25, -0.2) is 0 Å². The van der Waals surface area contributed by atoms with E-state index in [1.54, 1.807) is 0 Å². The van der Waals surface area contributed by atoms with Gasteiger partial charge in [0.1, 0.15) is 0 Å². The molecule has 0 aliphatic heterocycles. The Morgan fingerprint density at radius 1 is 0.652 bits per heavy atom. The van der Waals surface area contributed by atoms with Gasteiger partial charge in [-0.3, -0.25) is 0 Å². The average molecular weight is 329 g/mol. The molecule has 0 bridgehead atoms. The Balaban J connectivity index is 1.89. The van der Waals surface area contributed by atoms with Crippen molar-refractivity contribution in [3.8, 4) is 22.9 Å². The van der Waals surface area contributed by atoms with Crippen molar-refractivity contribution in [1.29, 1.82) is 0 Å². The van der Waals surface area contributed by atoms with Crippen molar-refractivity contribution in [2.75, 3.05) is 0 Å². The third-order valence-corrected chi connectivity index (χ3v) is 9.82. The van der Waals surface area contributed by atoms with Crippen molar-refractivity contribution in [2.24, 2.45) is 11.8 Å². The molecule has 2 aliphatic rings. The van der Waals surface area contributed by atoms with E-state index in [4.69, 9.17) is 0 Å². The second kappa shape index (κ2) is 10.3. The Morgan fingerprint density at radius 2 is 1.04 bits per heavy atom. The van der Waals surface area contributed by atoms with Crippen molar-refractivity contribution in [3.05, 3.63) is 0 Å². The molecule has 0 amide bonds. The Labute approximate surface area is 146 Å². The highest BCUT2D eigenvalue weighted by Gasteiger charge is 2.25. The highest BCUT2D eigenvalue weighted by Crippen LogP contribution is 2.27. The van der Waals surface area contributed by atoms with Crippen LogP contribution in [0, 0.1) is 34.8 Å².